The van der Waals surface area contributed by atoms with Crippen LogP contribution in [0.15, 0.2) is 30.6 Å². The molecule has 2 saturated carbocycles. The van der Waals surface area contributed by atoms with Crippen molar-refractivity contribution in [3.8, 4) is 5.69 Å². The molecule has 0 radical (unpaired) electrons. The average molecular weight is 412 g/mol. The van der Waals surface area contributed by atoms with E-state index in [1.165, 1.54) is 32.1 Å². The number of nitrogens with zero attached hydrogens (tertiary/aromatic N) is 5. The Morgan fingerprint density at radius 2 is 1.97 bits per heavy atom. The number of carbonyl (C=O) groups excluding carboxylic acids is 1. The maximum Gasteiger partial charge on any atom is 0.227 e. The molecule has 1 amide bonds. The van der Waals surface area contributed by atoms with Gasteiger partial charge in [-0.2, -0.15) is 0 Å². The quantitative estimate of drug-likeness (QED) is 0.664. The van der Waals surface area contributed by atoms with E-state index in [4.69, 9.17) is 4.74 Å². The van der Waals surface area contributed by atoms with Crippen LogP contribution in [0.25, 0.3) is 5.69 Å². The van der Waals surface area contributed by atoms with Gasteiger partial charge in [-0.1, -0.05) is 38.3 Å². The zero-order valence-corrected chi connectivity index (χ0v) is 18.2. The normalized spacial score (nSPS) is 22.6. The number of tetrazole rings is 1. The van der Waals surface area contributed by atoms with Crippen molar-refractivity contribution in [3.05, 3.63) is 36.2 Å². The first-order chi connectivity index (χ1) is 14.7. The predicted octanol–water partition coefficient (Wildman–Crippen LogP) is 3.57. The third-order valence-corrected chi connectivity index (χ3v) is 6.96. The van der Waals surface area contributed by atoms with Crippen molar-refractivity contribution < 1.29 is 9.53 Å². The molecule has 0 N–H and O–H groups in total. The van der Waals surface area contributed by atoms with Gasteiger partial charge >= 0.3 is 0 Å². The fraction of sp³-hybridized carbons (Fsp3) is 0.652. The van der Waals surface area contributed by atoms with Crippen LogP contribution in [0.5, 0.6) is 0 Å². The largest absolute Gasteiger partial charge is 0.378 e. The van der Waals surface area contributed by atoms with Crippen molar-refractivity contribution in [2.45, 2.75) is 77.4 Å². The van der Waals surface area contributed by atoms with Gasteiger partial charge in [-0.05, 0) is 60.7 Å². The molecule has 0 aliphatic heterocycles. The van der Waals surface area contributed by atoms with Crippen LogP contribution < -0.4 is 0 Å². The summed E-state index contributed by atoms with van der Waals surface area (Å²) < 4.78 is 7.73. The van der Waals surface area contributed by atoms with Crippen molar-refractivity contribution in [2.24, 2.45) is 5.41 Å². The lowest BCUT2D eigenvalue weighted by Crippen LogP contribution is -2.66. The summed E-state index contributed by atoms with van der Waals surface area (Å²) in [7, 11) is 0. The van der Waals surface area contributed by atoms with Gasteiger partial charge in [0, 0.05) is 24.6 Å². The molecule has 0 bridgehead atoms. The molecule has 1 aromatic carbocycles. The Hall–Kier alpha value is -2.28. The van der Waals surface area contributed by atoms with Crippen LogP contribution in [-0.2, 0) is 16.0 Å². The van der Waals surface area contributed by atoms with Gasteiger partial charge < -0.3 is 9.64 Å². The second-order valence-corrected chi connectivity index (χ2v) is 8.67. The molecule has 0 unspecified atom stereocenters. The van der Waals surface area contributed by atoms with E-state index in [0.29, 0.717) is 18.6 Å². The highest BCUT2D eigenvalue weighted by atomic mass is 16.5. The SMILES string of the molecule is CCCN(C(=O)Cc1ccc(-n2cnnn2)cc1)[C@H]1C[C@H](OCC)C12CCCCC2. The highest BCUT2D eigenvalue weighted by Crippen LogP contribution is 2.55. The Kier molecular flexibility index (Phi) is 6.46. The number of hydrogen-bond acceptors (Lipinski definition) is 5. The van der Waals surface area contributed by atoms with Crippen LogP contribution in [0.3, 0.4) is 0 Å². The third kappa shape index (κ3) is 4.00. The molecule has 2 aliphatic rings. The molecule has 2 aromatic rings. The molecule has 1 aromatic heterocycles. The van der Waals surface area contributed by atoms with Crippen LogP contribution in [-0.4, -0.2) is 56.3 Å². The molecule has 2 fully saturated rings. The molecule has 1 spiro atoms. The Balaban J connectivity index is 1.47. The Morgan fingerprint density at radius 1 is 1.20 bits per heavy atom. The first kappa shape index (κ1) is 21.0. The highest BCUT2D eigenvalue weighted by molar-refractivity contribution is 5.79. The Bertz CT molecular complexity index is 815. The van der Waals surface area contributed by atoms with Gasteiger partial charge in [0.15, 0.2) is 0 Å². The van der Waals surface area contributed by atoms with E-state index in [0.717, 1.165) is 37.2 Å². The number of carbonyl (C=O) groups is 1. The van der Waals surface area contributed by atoms with E-state index in [2.05, 4.69) is 34.3 Å². The minimum absolute atomic E-state index is 0.170. The molecule has 0 saturated heterocycles. The number of hydrogen-bond donors (Lipinski definition) is 0. The summed E-state index contributed by atoms with van der Waals surface area (Å²) in [6.45, 7) is 5.83. The van der Waals surface area contributed by atoms with E-state index in [1.54, 1.807) is 11.0 Å². The number of benzene rings is 1. The zero-order chi connectivity index (χ0) is 21.0. The topological polar surface area (TPSA) is 73.1 Å². The Labute approximate surface area is 178 Å². The summed E-state index contributed by atoms with van der Waals surface area (Å²) in [5.41, 5.74) is 2.08. The predicted molar refractivity (Wildman–Crippen MR) is 114 cm³/mol. The minimum Gasteiger partial charge on any atom is -0.378 e. The molecule has 2 aliphatic carbocycles. The average Bonchev–Trinajstić information content (AvgIpc) is 3.31. The maximum absolute atomic E-state index is 13.4. The highest BCUT2D eigenvalue weighted by Gasteiger charge is 2.58. The molecule has 2 atom stereocenters. The standard InChI is InChI=1S/C23H33N5O2/c1-3-14-27(20-16-21(30-4-2)23(20)12-6-5-7-13-23)22(29)15-18-8-10-19(11-9-18)28-17-24-25-26-28/h8-11,17,20-21H,3-7,12-16H2,1-2H3/t20-,21-/m0/s1. The summed E-state index contributed by atoms with van der Waals surface area (Å²) in [5, 5.41) is 11.3. The smallest absolute Gasteiger partial charge is 0.227 e. The lowest BCUT2D eigenvalue weighted by molar-refractivity contribution is -0.188. The molecule has 30 heavy (non-hydrogen) atoms. The fourth-order valence-corrected chi connectivity index (χ4v) is 5.48. The van der Waals surface area contributed by atoms with Crippen LogP contribution in [0.4, 0.5) is 0 Å². The molecular formula is C23H33N5O2. The van der Waals surface area contributed by atoms with Gasteiger partial charge in [0.05, 0.1) is 18.2 Å². The first-order valence-electron chi connectivity index (χ1n) is 11.4. The lowest BCUT2D eigenvalue weighted by Gasteiger charge is -2.60. The van der Waals surface area contributed by atoms with Crippen molar-refractivity contribution in [1.82, 2.24) is 25.1 Å². The second kappa shape index (κ2) is 9.25. The maximum atomic E-state index is 13.4. The van der Waals surface area contributed by atoms with Crippen LogP contribution in [0, 0.1) is 5.41 Å². The molecule has 7 heteroatoms. The number of ether oxygens (including phenoxy) is 1. The van der Waals surface area contributed by atoms with Crippen LogP contribution in [0.2, 0.25) is 0 Å². The number of rotatable bonds is 8. The van der Waals surface area contributed by atoms with Crippen molar-refractivity contribution in [3.63, 3.8) is 0 Å². The molecular weight excluding hydrogens is 378 g/mol. The molecule has 4 rings (SSSR count). The Morgan fingerprint density at radius 3 is 2.60 bits per heavy atom. The van der Waals surface area contributed by atoms with E-state index in [-0.39, 0.29) is 11.3 Å². The summed E-state index contributed by atoms with van der Waals surface area (Å²) in [6.07, 6.45) is 10.5. The van der Waals surface area contributed by atoms with E-state index >= 15 is 0 Å². The first-order valence-corrected chi connectivity index (χ1v) is 11.4. The zero-order valence-electron chi connectivity index (χ0n) is 18.2. The van der Waals surface area contributed by atoms with Crippen LogP contribution >= 0.6 is 0 Å². The van der Waals surface area contributed by atoms with Crippen molar-refractivity contribution >= 4 is 5.91 Å². The third-order valence-electron chi connectivity index (χ3n) is 6.96. The summed E-state index contributed by atoms with van der Waals surface area (Å²) in [5.74, 6) is 0.233. The van der Waals surface area contributed by atoms with Gasteiger partial charge in [-0.15, -0.1) is 5.10 Å². The summed E-state index contributed by atoms with van der Waals surface area (Å²) in [4.78, 5) is 15.6. The van der Waals surface area contributed by atoms with E-state index in [9.17, 15) is 4.79 Å². The molecule has 1 heterocycles. The second-order valence-electron chi connectivity index (χ2n) is 8.67. The minimum atomic E-state index is 0.170. The summed E-state index contributed by atoms with van der Waals surface area (Å²) >= 11 is 0. The van der Waals surface area contributed by atoms with Gasteiger partial charge in [0.25, 0.3) is 0 Å². The molecule has 7 nitrogen and oxygen atoms in total. The van der Waals surface area contributed by atoms with Gasteiger partial charge in [-0.25, -0.2) is 4.68 Å². The molecule has 162 valence electrons. The van der Waals surface area contributed by atoms with Crippen molar-refractivity contribution in [1.29, 1.82) is 0 Å². The van der Waals surface area contributed by atoms with Gasteiger partial charge in [0.1, 0.15) is 6.33 Å². The van der Waals surface area contributed by atoms with Crippen LogP contribution in [0.1, 0.15) is 64.4 Å². The van der Waals surface area contributed by atoms with Gasteiger partial charge in [0.2, 0.25) is 5.91 Å². The summed E-state index contributed by atoms with van der Waals surface area (Å²) in [6, 6.07) is 8.24. The van der Waals surface area contributed by atoms with E-state index < -0.39 is 0 Å². The monoisotopic (exact) mass is 411 g/mol. The van der Waals surface area contributed by atoms with Gasteiger partial charge in [-0.3, -0.25) is 4.79 Å². The number of amides is 1. The van der Waals surface area contributed by atoms with E-state index in [1.807, 2.05) is 24.3 Å². The number of aromatic nitrogens is 4. The van der Waals surface area contributed by atoms with Crippen molar-refractivity contribution in [2.75, 3.05) is 13.2 Å². The fourth-order valence-electron chi connectivity index (χ4n) is 5.48. The lowest BCUT2D eigenvalue weighted by atomic mass is 9.54.